The van der Waals surface area contributed by atoms with Gasteiger partial charge in [0.05, 0.1) is 20.3 Å². The molecule has 1 N–H and O–H groups in total. The average molecular weight is 411 g/mol. The number of piperidine rings is 1. The lowest BCUT2D eigenvalue weighted by atomic mass is 10.0. The number of benzene rings is 2. The summed E-state index contributed by atoms with van der Waals surface area (Å²) in [6.45, 7) is 3.25. The number of ether oxygens (including phenoxy) is 3. The number of anilines is 1. The van der Waals surface area contributed by atoms with E-state index in [1.807, 2.05) is 30.3 Å². The minimum atomic E-state index is 0.116. The summed E-state index contributed by atoms with van der Waals surface area (Å²) in [4.78, 5) is 14.8. The number of methoxy groups -OCH3 is 1. The molecule has 0 aliphatic carbocycles. The Morgan fingerprint density at radius 1 is 1.07 bits per heavy atom. The largest absolute Gasteiger partial charge is 0.497 e. The highest BCUT2D eigenvalue weighted by atomic mass is 16.5. The van der Waals surface area contributed by atoms with Gasteiger partial charge in [-0.25, -0.2) is 0 Å². The minimum absolute atomic E-state index is 0.116. The summed E-state index contributed by atoms with van der Waals surface area (Å²) in [7, 11) is 1.68. The molecular formula is C24H30N2O4. The molecule has 2 aromatic rings. The molecule has 2 aliphatic heterocycles. The maximum Gasteiger partial charge on any atom is 0.220 e. The number of rotatable bonds is 6. The summed E-state index contributed by atoms with van der Waals surface area (Å²) in [6.07, 6.45) is 4.00. The van der Waals surface area contributed by atoms with Crippen molar-refractivity contribution >= 4 is 11.6 Å². The second-order valence-electron chi connectivity index (χ2n) is 7.86. The normalized spacial score (nSPS) is 16.6. The van der Waals surface area contributed by atoms with Crippen LogP contribution in [0, 0.1) is 0 Å². The van der Waals surface area contributed by atoms with Crippen LogP contribution in [-0.4, -0.2) is 45.4 Å². The third-order valence-corrected chi connectivity index (χ3v) is 5.75. The van der Waals surface area contributed by atoms with Crippen LogP contribution in [-0.2, 0) is 11.2 Å². The van der Waals surface area contributed by atoms with Crippen molar-refractivity contribution in [2.45, 2.75) is 38.1 Å². The smallest absolute Gasteiger partial charge is 0.220 e. The molecule has 4 rings (SSSR count). The molecule has 0 spiro atoms. The lowest BCUT2D eigenvalue weighted by Gasteiger charge is -2.34. The fourth-order valence-electron chi connectivity index (χ4n) is 4.00. The topological polar surface area (TPSA) is 60.0 Å². The molecule has 6 heteroatoms. The zero-order valence-electron chi connectivity index (χ0n) is 17.6. The molecule has 6 nitrogen and oxygen atoms in total. The molecule has 0 aromatic heterocycles. The quantitative estimate of drug-likeness (QED) is 0.789. The Kier molecular flexibility index (Phi) is 6.62. The van der Waals surface area contributed by atoms with Crippen LogP contribution in [0.15, 0.2) is 42.5 Å². The molecule has 1 amide bonds. The van der Waals surface area contributed by atoms with E-state index < -0.39 is 0 Å². The molecule has 0 saturated carbocycles. The highest BCUT2D eigenvalue weighted by Gasteiger charge is 2.21. The minimum Gasteiger partial charge on any atom is -0.497 e. The lowest BCUT2D eigenvalue weighted by Crippen LogP contribution is -2.44. The summed E-state index contributed by atoms with van der Waals surface area (Å²) >= 11 is 0. The third-order valence-electron chi connectivity index (χ3n) is 5.75. The number of hydrogen-bond acceptors (Lipinski definition) is 5. The summed E-state index contributed by atoms with van der Waals surface area (Å²) in [5.41, 5.74) is 2.30. The van der Waals surface area contributed by atoms with Crippen molar-refractivity contribution in [3.05, 3.63) is 48.0 Å². The van der Waals surface area contributed by atoms with Gasteiger partial charge in [-0.05, 0) is 61.2 Å². The zero-order chi connectivity index (χ0) is 20.8. The van der Waals surface area contributed by atoms with Gasteiger partial charge >= 0.3 is 0 Å². The number of nitrogens with zero attached hydrogens (tertiary/aromatic N) is 1. The van der Waals surface area contributed by atoms with E-state index in [0.717, 1.165) is 55.2 Å². The first-order chi connectivity index (χ1) is 14.7. The Balaban J connectivity index is 1.22. The predicted octanol–water partition coefficient (Wildman–Crippen LogP) is 3.57. The molecule has 1 saturated heterocycles. The molecule has 1 fully saturated rings. The highest BCUT2D eigenvalue weighted by Crippen LogP contribution is 2.30. The Hall–Kier alpha value is -2.89. The van der Waals surface area contributed by atoms with E-state index >= 15 is 0 Å². The van der Waals surface area contributed by atoms with Crippen molar-refractivity contribution in [3.63, 3.8) is 0 Å². The van der Waals surface area contributed by atoms with Gasteiger partial charge in [-0.15, -0.1) is 0 Å². The lowest BCUT2D eigenvalue weighted by molar-refractivity contribution is -0.121. The fraction of sp³-hybridized carbons (Fsp3) is 0.458. The molecule has 2 heterocycles. The monoisotopic (exact) mass is 410 g/mol. The molecule has 0 atom stereocenters. The molecule has 160 valence electrons. The van der Waals surface area contributed by atoms with Crippen LogP contribution in [0.3, 0.4) is 0 Å². The Morgan fingerprint density at radius 3 is 2.53 bits per heavy atom. The van der Waals surface area contributed by atoms with Crippen LogP contribution >= 0.6 is 0 Å². The Bertz CT molecular complexity index is 845. The fourth-order valence-corrected chi connectivity index (χ4v) is 4.00. The third kappa shape index (κ3) is 5.17. The van der Waals surface area contributed by atoms with Crippen molar-refractivity contribution in [3.8, 4) is 17.2 Å². The van der Waals surface area contributed by atoms with Crippen molar-refractivity contribution in [1.29, 1.82) is 0 Å². The first kappa shape index (κ1) is 20.4. The van der Waals surface area contributed by atoms with Crippen LogP contribution in [0.4, 0.5) is 5.69 Å². The molecule has 2 aromatic carbocycles. The van der Waals surface area contributed by atoms with E-state index in [2.05, 4.69) is 22.3 Å². The highest BCUT2D eigenvalue weighted by molar-refractivity contribution is 5.76. The number of nitrogens with one attached hydrogen (secondary N) is 1. The van der Waals surface area contributed by atoms with E-state index in [1.54, 1.807) is 7.11 Å². The average Bonchev–Trinajstić information content (AvgIpc) is 3.03. The van der Waals surface area contributed by atoms with E-state index in [-0.39, 0.29) is 11.9 Å². The van der Waals surface area contributed by atoms with Crippen molar-refractivity contribution < 1.29 is 19.0 Å². The number of amides is 1. The van der Waals surface area contributed by atoms with Gasteiger partial charge in [-0.1, -0.05) is 6.07 Å². The molecule has 2 aliphatic rings. The number of hydrogen-bond donors (Lipinski definition) is 1. The molecule has 0 bridgehead atoms. The summed E-state index contributed by atoms with van der Waals surface area (Å²) in [5.74, 6) is 2.57. The number of carbonyl (C=O) groups excluding carboxylic acids is 1. The van der Waals surface area contributed by atoms with Gasteiger partial charge in [0.1, 0.15) is 5.75 Å². The van der Waals surface area contributed by atoms with Gasteiger partial charge in [0.25, 0.3) is 0 Å². The first-order valence-corrected chi connectivity index (χ1v) is 10.8. The van der Waals surface area contributed by atoms with Gasteiger partial charge in [-0.3, -0.25) is 4.79 Å². The number of fused-ring (bicyclic) bond motifs is 1. The van der Waals surface area contributed by atoms with Gasteiger partial charge in [0.15, 0.2) is 11.5 Å². The molecule has 30 heavy (non-hydrogen) atoms. The number of carbonyl (C=O) groups is 1. The van der Waals surface area contributed by atoms with Crippen molar-refractivity contribution in [1.82, 2.24) is 5.32 Å². The standard InChI is InChI=1S/C24H30N2O4/c1-28-21-7-5-20(6-8-21)26-13-11-19(12-14-26)25-24(27)10-4-18-3-9-22-23(17-18)30-16-2-15-29-22/h3,5-9,17,19H,2,4,10-16H2,1H3,(H,25,27). The maximum absolute atomic E-state index is 12.5. The second-order valence-corrected chi connectivity index (χ2v) is 7.86. The van der Waals surface area contributed by atoms with Crippen LogP contribution in [0.1, 0.15) is 31.2 Å². The van der Waals surface area contributed by atoms with E-state index in [0.29, 0.717) is 26.1 Å². The predicted molar refractivity (Wildman–Crippen MR) is 117 cm³/mol. The SMILES string of the molecule is COc1ccc(N2CCC(NC(=O)CCc3ccc4c(c3)OCCCO4)CC2)cc1. The maximum atomic E-state index is 12.5. The van der Waals surface area contributed by atoms with Gasteiger partial charge in [-0.2, -0.15) is 0 Å². The van der Waals surface area contributed by atoms with E-state index in [1.165, 1.54) is 5.69 Å². The summed E-state index contributed by atoms with van der Waals surface area (Å²) in [6, 6.07) is 14.4. The van der Waals surface area contributed by atoms with E-state index in [9.17, 15) is 4.79 Å². The summed E-state index contributed by atoms with van der Waals surface area (Å²) < 4.78 is 16.6. The van der Waals surface area contributed by atoms with Gasteiger partial charge < -0.3 is 24.4 Å². The first-order valence-electron chi connectivity index (χ1n) is 10.8. The van der Waals surface area contributed by atoms with Gasteiger partial charge in [0.2, 0.25) is 5.91 Å². The second kappa shape index (κ2) is 9.74. The molecule has 0 unspecified atom stereocenters. The van der Waals surface area contributed by atoms with Crippen molar-refractivity contribution in [2.75, 3.05) is 38.3 Å². The Morgan fingerprint density at radius 2 is 1.80 bits per heavy atom. The van der Waals surface area contributed by atoms with Gasteiger partial charge in [0, 0.05) is 37.7 Å². The van der Waals surface area contributed by atoms with Crippen LogP contribution in [0.5, 0.6) is 17.2 Å². The Labute approximate surface area is 178 Å². The molecular weight excluding hydrogens is 380 g/mol. The summed E-state index contributed by atoms with van der Waals surface area (Å²) in [5, 5.41) is 3.21. The van der Waals surface area contributed by atoms with Crippen LogP contribution < -0.4 is 24.4 Å². The zero-order valence-corrected chi connectivity index (χ0v) is 17.6. The van der Waals surface area contributed by atoms with Crippen LogP contribution in [0.25, 0.3) is 0 Å². The van der Waals surface area contributed by atoms with Crippen molar-refractivity contribution in [2.24, 2.45) is 0 Å². The van der Waals surface area contributed by atoms with E-state index in [4.69, 9.17) is 14.2 Å². The molecule has 0 radical (unpaired) electrons. The van der Waals surface area contributed by atoms with Crippen LogP contribution in [0.2, 0.25) is 0 Å². The number of aryl methyl sites for hydroxylation is 1.